The summed E-state index contributed by atoms with van der Waals surface area (Å²) in [6.07, 6.45) is 5.50. The van der Waals surface area contributed by atoms with Gasteiger partial charge in [-0.2, -0.15) is 0 Å². The first-order valence-corrected chi connectivity index (χ1v) is 7.50. The van der Waals surface area contributed by atoms with E-state index >= 15 is 0 Å². The minimum absolute atomic E-state index is 0.441. The van der Waals surface area contributed by atoms with Crippen LogP contribution in [0.3, 0.4) is 0 Å². The van der Waals surface area contributed by atoms with Gasteiger partial charge in [-0.1, -0.05) is 13.3 Å². The molecule has 1 saturated heterocycles. The number of hydrogen-bond donors (Lipinski definition) is 0. The molecule has 4 heteroatoms. The highest BCUT2D eigenvalue weighted by Gasteiger charge is 2.33. The zero-order valence-electron chi connectivity index (χ0n) is 12.8. The summed E-state index contributed by atoms with van der Waals surface area (Å²) < 4.78 is 17.7. The van der Waals surface area contributed by atoms with Gasteiger partial charge in [-0.3, -0.25) is 4.98 Å². The number of ether oxygens (including phenoxy) is 3. The van der Waals surface area contributed by atoms with Crippen molar-refractivity contribution in [1.82, 2.24) is 4.98 Å². The van der Waals surface area contributed by atoms with Gasteiger partial charge in [-0.05, 0) is 26.3 Å². The molecule has 0 radical (unpaired) electrons. The molecule has 1 aliphatic rings. The Morgan fingerprint density at radius 2 is 2.00 bits per heavy atom. The third-order valence-corrected chi connectivity index (χ3v) is 3.80. The van der Waals surface area contributed by atoms with Gasteiger partial charge in [0.15, 0.2) is 5.79 Å². The molecule has 2 heterocycles. The van der Waals surface area contributed by atoms with Crippen molar-refractivity contribution in [2.75, 3.05) is 19.8 Å². The molecule has 0 atom stereocenters. The Morgan fingerprint density at radius 3 is 2.70 bits per heavy atom. The molecule has 2 rings (SSSR count). The lowest BCUT2D eigenvalue weighted by Crippen LogP contribution is -2.41. The molecule has 0 saturated carbocycles. The number of nitrogens with zero attached hydrogens (tertiary/aromatic N) is 1. The monoisotopic (exact) mass is 279 g/mol. The maximum Gasteiger partial charge on any atom is 0.171 e. The van der Waals surface area contributed by atoms with Crippen LogP contribution in [-0.2, 0) is 9.47 Å². The summed E-state index contributed by atoms with van der Waals surface area (Å²) in [5.41, 5.74) is 2.11. The van der Waals surface area contributed by atoms with E-state index in [1.165, 1.54) is 0 Å². The van der Waals surface area contributed by atoms with Gasteiger partial charge in [0.1, 0.15) is 5.75 Å². The molecule has 0 spiro atoms. The summed E-state index contributed by atoms with van der Waals surface area (Å²) in [5, 5.41) is 0. The molecule has 112 valence electrons. The van der Waals surface area contributed by atoms with Crippen LogP contribution in [0.2, 0.25) is 0 Å². The van der Waals surface area contributed by atoms with Gasteiger partial charge in [0, 0.05) is 30.3 Å². The highest BCUT2D eigenvalue weighted by molar-refractivity contribution is 5.33. The number of rotatable bonds is 6. The molecule has 20 heavy (non-hydrogen) atoms. The van der Waals surface area contributed by atoms with E-state index in [0.717, 1.165) is 55.9 Å². The molecule has 1 aliphatic heterocycles. The lowest BCUT2D eigenvalue weighted by molar-refractivity contribution is -0.275. The minimum atomic E-state index is -0.441. The first-order chi connectivity index (χ1) is 9.67. The molecule has 0 bridgehead atoms. The molecule has 4 nitrogen and oxygen atoms in total. The van der Waals surface area contributed by atoms with E-state index < -0.39 is 5.79 Å². The van der Waals surface area contributed by atoms with E-state index in [1.807, 2.05) is 19.9 Å². The fraction of sp³-hybridized carbons (Fsp3) is 0.688. The van der Waals surface area contributed by atoms with Crippen LogP contribution in [0.15, 0.2) is 12.3 Å². The summed E-state index contributed by atoms with van der Waals surface area (Å²) in [6, 6.07) is 1.91. The highest BCUT2D eigenvalue weighted by Crippen LogP contribution is 2.29. The van der Waals surface area contributed by atoms with Crippen molar-refractivity contribution >= 4 is 0 Å². The number of aromatic nitrogens is 1. The SMILES string of the molecule is CCCC1(CCOc2ccnc(C)c2C)OCCCO1. The predicted octanol–water partition coefficient (Wildman–Crippen LogP) is 3.40. The smallest absolute Gasteiger partial charge is 0.171 e. The first kappa shape index (κ1) is 15.3. The molecule has 0 unspecified atom stereocenters. The van der Waals surface area contributed by atoms with E-state index in [4.69, 9.17) is 14.2 Å². The predicted molar refractivity (Wildman–Crippen MR) is 78.0 cm³/mol. The standard InChI is InChI=1S/C16H25NO3/c1-4-7-16(19-10-5-11-20-16)8-12-18-15-6-9-17-14(3)13(15)2/h6,9H,4-5,7-8,10-12H2,1-3H3. The van der Waals surface area contributed by atoms with Crippen LogP contribution in [0, 0.1) is 13.8 Å². The summed E-state index contributed by atoms with van der Waals surface area (Å²) in [5.74, 6) is 0.461. The van der Waals surface area contributed by atoms with E-state index in [2.05, 4.69) is 11.9 Å². The van der Waals surface area contributed by atoms with Crippen LogP contribution in [0.4, 0.5) is 0 Å². The van der Waals surface area contributed by atoms with Crippen molar-refractivity contribution in [3.8, 4) is 5.75 Å². The number of hydrogen-bond acceptors (Lipinski definition) is 4. The van der Waals surface area contributed by atoms with Gasteiger partial charge in [-0.15, -0.1) is 0 Å². The van der Waals surface area contributed by atoms with E-state index in [9.17, 15) is 0 Å². The van der Waals surface area contributed by atoms with Crippen LogP contribution in [0.25, 0.3) is 0 Å². The van der Waals surface area contributed by atoms with Crippen molar-refractivity contribution < 1.29 is 14.2 Å². The van der Waals surface area contributed by atoms with Crippen molar-refractivity contribution in [3.63, 3.8) is 0 Å². The molecular formula is C16H25NO3. The second kappa shape index (κ2) is 7.04. The van der Waals surface area contributed by atoms with Gasteiger partial charge in [-0.25, -0.2) is 0 Å². The summed E-state index contributed by atoms with van der Waals surface area (Å²) >= 11 is 0. The summed E-state index contributed by atoms with van der Waals surface area (Å²) in [6.45, 7) is 8.35. The van der Waals surface area contributed by atoms with E-state index in [0.29, 0.717) is 6.61 Å². The molecule has 0 aliphatic carbocycles. The minimum Gasteiger partial charge on any atom is -0.493 e. The second-order valence-electron chi connectivity index (χ2n) is 5.33. The van der Waals surface area contributed by atoms with Gasteiger partial charge >= 0.3 is 0 Å². The Kier molecular flexibility index (Phi) is 5.38. The topological polar surface area (TPSA) is 40.6 Å². The van der Waals surface area contributed by atoms with Crippen molar-refractivity contribution in [3.05, 3.63) is 23.5 Å². The molecule has 1 fully saturated rings. The zero-order valence-corrected chi connectivity index (χ0v) is 12.8. The third kappa shape index (κ3) is 3.70. The maximum absolute atomic E-state index is 5.89. The summed E-state index contributed by atoms with van der Waals surface area (Å²) in [4.78, 5) is 4.25. The van der Waals surface area contributed by atoms with Gasteiger partial charge in [0.05, 0.1) is 19.8 Å². The van der Waals surface area contributed by atoms with Crippen LogP contribution >= 0.6 is 0 Å². The average molecular weight is 279 g/mol. The highest BCUT2D eigenvalue weighted by atomic mass is 16.7. The Balaban J connectivity index is 1.91. The van der Waals surface area contributed by atoms with E-state index in [1.54, 1.807) is 6.20 Å². The van der Waals surface area contributed by atoms with Crippen LogP contribution < -0.4 is 4.74 Å². The molecule has 0 aromatic carbocycles. The summed E-state index contributed by atoms with van der Waals surface area (Å²) in [7, 11) is 0. The Hall–Kier alpha value is -1.13. The van der Waals surface area contributed by atoms with E-state index in [-0.39, 0.29) is 0 Å². The second-order valence-corrected chi connectivity index (χ2v) is 5.33. The van der Waals surface area contributed by atoms with Gasteiger partial charge < -0.3 is 14.2 Å². The number of aryl methyl sites for hydroxylation is 1. The zero-order chi connectivity index (χ0) is 14.4. The quantitative estimate of drug-likeness (QED) is 0.800. The number of pyridine rings is 1. The molecule has 0 amide bonds. The van der Waals surface area contributed by atoms with Crippen LogP contribution in [0.5, 0.6) is 5.75 Å². The Morgan fingerprint density at radius 1 is 1.25 bits per heavy atom. The maximum atomic E-state index is 5.89. The molecular weight excluding hydrogens is 254 g/mol. The van der Waals surface area contributed by atoms with Crippen LogP contribution in [-0.4, -0.2) is 30.6 Å². The average Bonchev–Trinajstić information content (AvgIpc) is 2.45. The van der Waals surface area contributed by atoms with Crippen molar-refractivity contribution in [2.45, 2.75) is 52.2 Å². The third-order valence-electron chi connectivity index (χ3n) is 3.80. The fourth-order valence-electron chi connectivity index (χ4n) is 2.50. The molecule has 1 aromatic heterocycles. The Bertz CT molecular complexity index is 422. The van der Waals surface area contributed by atoms with Gasteiger partial charge in [0.25, 0.3) is 0 Å². The van der Waals surface area contributed by atoms with Crippen molar-refractivity contribution in [1.29, 1.82) is 0 Å². The van der Waals surface area contributed by atoms with Gasteiger partial charge in [0.2, 0.25) is 0 Å². The first-order valence-electron chi connectivity index (χ1n) is 7.50. The van der Waals surface area contributed by atoms with Crippen molar-refractivity contribution in [2.24, 2.45) is 0 Å². The Labute approximate surface area is 121 Å². The molecule has 0 N–H and O–H groups in total. The normalized spacial score (nSPS) is 17.9. The lowest BCUT2D eigenvalue weighted by atomic mass is 10.1. The largest absolute Gasteiger partial charge is 0.493 e. The fourth-order valence-corrected chi connectivity index (χ4v) is 2.50. The molecule has 1 aromatic rings. The van der Waals surface area contributed by atoms with Crippen LogP contribution in [0.1, 0.15) is 43.9 Å². The lowest BCUT2D eigenvalue weighted by Gasteiger charge is -2.37.